The Hall–Kier alpha value is -4.71. The number of halogens is 3. The van der Waals surface area contributed by atoms with E-state index in [9.17, 15) is 13.2 Å². The molecule has 3 N–H and O–H groups in total. The summed E-state index contributed by atoms with van der Waals surface area (Å²) in [5, 5.41) is 14.7. The predicted molar refractivity (Wildman–Crippen MR) is 139 cm³/mol. The lowest BCUT2D eigenvalue weighted by atomic mass is 10.1. The lowest BCUT2D eigenvalue weighted by Gasteiger charge is -2.15. The number of nitrogens with one attached hydrogen (secondary N) is 3. The SMILES string of the molecule is COCCOc1cc(F)c(CNc2ccccc2C(=N)c2ncc(OC)c(Nc3ccnc(F)c3)n2)c(F)c1. The molecule has 0 bridgehead atoms. The second kappa shape index (κ2) is 12.7. The Labute approximate surface area is 222 Å². The standard InChI is InChI=1S/C27H25F3N6O3/c1-37-9-10-39-17-12-20(28)19(21(29)13-17)14-33-22-6-4-3-5-18(22)25(31)27-34-15-23(38-2)26(36-27)35-16-7-8-32-24(30)11-16/h3-8,11-13,15,31,33H,9-10,14H2,1-2H3,(H,32,34,35,36). The second-order valence-corrected chi connectivity index (χ2v) is 8.08. The Balaban J connectivity index is 1.55. The van der Waals surface area contributed by atoms with Gasteiger partial charge in [-0.3, -0.25) is 5.41 Å². The largest absolute Gasteiger partial charge is 0.491 e. The van der Waals surface area contributed by atoms with Crippen molar-refractivity contribution in [2.75, 3.05) is 38.1 Å². The van der Waals surface area contributed by atoms with Gasteiger partial charge in [0.25, 0.3) is 0 Å². The van der Waals surface area contributed by atoms with Crippen LogP contribution in [-0.2, 0) is 11.3 Å². The summed E-state index contributed by atoms with van der Waals surface area (Å²) in [6.45, 7) is 0.254. The zero-order chi connectivity index (χ0) is 27.8. The zero-order valence-corrected chi connectivity index (χ0v) is 21.1. The van der Waals surface area contributed by atoms with Crippen molar-refractivity contribution in [3.05, 3.63) is 95.5 Å². The van der Waals surface area contributed by atoms with Crippen molar-refractivity contribution < 1.29 is 27.4 Å². The minimum absolute atomic E-state index is 0.0389. The van der Waals surface area contributed by atoms with Crippen molar-refractivity contribution in [1.82, 2.24) is 15.0 Å². The third-order valence-electron chi connectivity index (χ3n) is 5.51. The molecule has 12 heteroatoms. The number of nitrogens with zero attached hydrogens (tertiary/aromatic N) is 3. The molecule has 0 aliphatic heterocycles. The highest BCUT2D eigenvalue weighted by atomic mass is 19.1. The Morgan fingerprint density at radius 1 is 0.974 bits per heavy atom. The van der Waals surface area contributed by atoms with Gasteiger partial charge in [0.2, 0.25) is 5.95 Å². The number of hydrogen-bond donors (Lipinski definition) is 3. The third-order valence-corrected chi connectivity index (χ3v) is 5.51. The monoisotopic (exact) mass is 538 g/mol. The summed E-state index contributed by atoms with van der Waals surface area (Å²) in [6, 6.07) is 11.7. The van der Waals surface area contributed by atoms with Crippen molar-refractivity contribution in [3.8, 4) is 11.5 Å². The molecule has 0 fully saturated rings. The van der Waals surface area contributed by atoms with Crippen LogP contribution in [0.1, 0.15) is 17.0 Å². The molecule has 2 aromatic heterocycles. The van der Waals surface area contributed by atoms with Gasteiger partial charge in [-0.2, -0.15) is 4.39 Å². The van der Waals surface area contributed by atoms with Crippen LogP contribution in [-0.4, -0.2) is 48.1 Å². The van der Waals surface area contributed by atoms with Gasteiger partial charge < -0.3 is 24.8 Å². The highest BCUT2D eigenvalue weighted by Gasteiger charge is 2.18. The van der Waals surface area contributed by atoms with Crippen LogP contribution in [0.5, 0.6) is 11.5 Å². The number of rotatable bonds is 12. The summed E-state index contributed by atoms with van der Waals surface area (Å²) in [5.74, 6) is -1.65. The van der Waals surface area contributed by atoms with E-state index in [2.05, 4.69) is 25.6 Å². The molecule has 9 nitrogen and oxygen atoms in total. The molecule has 202 valence electrons. The van der Waals surface area contributed by atoms with E-state index in [1.54, 1.807) is 30.3 Å². The van der Waals surface area contributed by atoms with Crippen LogP contribution in [0, 0.1) is 23.0 Å². The van der Waals surface area contributed by atoms with Gasteiger partial charge in [-0.1, -0.05) is 18.2 Å². The van der Waals surface area contributed by atoms with E-state index < -0.39 is 17.6 Å². The molecule has 0 aliphatic rings. The summed E-state index contributed by atoms with van der Waals surface area (Å²) in [6.07, 6.45) is 2.68. The normalized spacial score (nSPS) is 10.7. The van der Waals surface area contributed by atoms with Gasteiger partial charge in [0.1, 0.15) is 29.7 Å². The van der Waals surface area contributed by atoms with Crippen molar-refractivity contribution in [3.63, 3.8) is 0 Å². The molecule has 0 aliphatic carbocycles. The quantitative estimate of drug-likeness (QED) is 0.130. The van der Waals surface area contributed by atoms with E-state index in [1.165, 1.54) is 32.7 Å². The van der Waals surface area contributed by atoms with Crippen molar-refractivity contribution in [1.29, 1.82) is 5.41 Å². The molecule has 0 atom stereocenters. The minimum Gasteiger partial charge on any atom is -0.491 e. The van der Waals surface area contributed by atoms with Crippen LogP contribution >= 0.6 is 0 Å². The van der Waals surface area contributed by atoms with Gasteiger partial charge in [0.05, 0.1) is 19.9 Å². The van der Waals surface area contributed by atoms with E-state index in [0.717, 1.165) is 12.1 Å². The number of para-hydroxylation sites is 1. The van der Waals surface area contributed by atoms with Gasteiger partial charge in [0.15, 0.2) is 17.4 Å². The number of pyridine rings is 1. The third kappa shape index (κ3) is 6.79. The van der Waals surface area contributed by atoms with Gasteiger partial charge in [0, 0.05) is 60.6 Å². The van der Waals surface area contributed by atoms with E-state index >= 15 is 0 Å². The number of benzene rings is 2. The van der Waals surface area contributed by atoms with E-state index in [0.29, 0.717) is 16.9 Å². The summed E-state index contributed by atoms with van der Waals surface area (Å²) in [7, 11) is 2.93. The molecule has 2 heterocycles. The van der Waals surface area contributed by atoms with Crippen molar-refractivity contribution in [2.24, 2.45) is 0 Å². The van der Waals surface area contributed by atoms with Crippen LogP contribution in [0.15, 0.2) is 60.9 Å². The first-order chi connectivity index (χ1) is 18.9. The van der Waals surface area contributed by atoms with Crippen LogP contribution in [0.25, 0.3) is 0 Å². The van der Waals surface area contributed by atoms with Gasteiger partial charge >= 0.3 is 0 Å². The number of hydrogen-bond acceptors (Lipinski definition) is 9. The summed E-state index contributed by atoms with van der Waals surface area (Å²) in [4.78, 5) is 12.1. The molecule has 39 heavy (non-hydrogen) atoms. The Morgan fingerprint density at radius 2 is 1.74 bits per heavy atom. The molecule has 4 aromatic rings. The van der Waals surface area contributed by atoms with Crippen molar-refractivity contribution in [2.45, 2.75) is 6.54 Å². The number of anilines is 3. The highest BCUT2D eigenvalue weighted by molar-refractivity contribution is 6.12. The second-order valence-electron chi connectivity index (χ2n) is 8.08. The fraction of sp³-hybridized carbons (Fsp3) is 0.185. The highest BCUT2D eigenvalue weighted by Crippen LogP contribution is 2.27. The van der Waals surface area contributed by atoms with Crippen LogP contribution < -0.4 is 20.1 Å². The molecule has 0 saturated carbocycles. The van der Waals surface area contributed by atoms with Gasteiger partial charge in [-0.05, 0) is 12.1 Å². The minimum atomic E-state index is -0.774. The molecule has 0 amide bonds. The van der Waals surface area contributed by atoms with Gasteiger partial charge in [-0.15, -0.1) is 0 Å². The number of ether oxygens (including phenoxy) is 3. The summed E-state index contributed by atoms with van der Waals surface area (Å²) >= 11 is 0. The lowest BCUT2D eigenvalue weighted by molar-refractivity contribution is 0.146. The van der Waals surface area contributed by atoms with E-state index in [1.807, 2.05) is 0 Å². The molecule has 0 unspecified atom stereocenters. The molecule has 4 rings (SSSR count). The summed E-state index contributed by atoms with van der Waals surface area (Å²) < 4.78 is 58.3. The zero-order valence-electron chi connectivity index (χ0n) is 21.1. The fourth-order valence-electron chi connectivity index (χ4n) is 3.58. The van der Waals surface area contributed by atoms with E-state index in [-0.39, 0.29) is 54.2 Å². The maximum absolute atomic E-state index is 14.7. The lowest BCUT2D eigenvalue weighted by Crippen LogP contribution is -2.13. The molecular formula is C27H25F3N6O3. The molecule has 0 saturated heterocycles. The molecule has 2 aromatic carbocycles. The first kappa shape index (κ1) is 27.3. The van der Waals surface area contributed by atoms with Gasteiger partial charge in [-0.25, -0.2) is 23.7 Å². The Morgan fingerprint density at radius 3 is 2.46 bits per heavy atom. The maximum atomic E-state index is 14.7. The summed E-state index contributed by atoms with van der Waals surface area (Å²) in [5.41, 5.74) is 0.953. The number of methoxy groups -OCH3 is 2. The van der Waals surface area contributed by atoms with Crippen molar-refractivity contribution >= 4 is 22.9 Å². The van der Waals surface area contributed by atoms with Crippen LogP contribution in [0.2, 0.25) is 0 Å². The maximum Gasteiger partial charge on any atom is 0.214 e. The molecule has 0 radical (unpaired) electrons. The molecular weight excluding hydrogens is 513 g/mol. The first-order valence-electron chi connectivity index (χ1n) is 11.7. The predicted octanol–water partition coefficient (Wildman–Crippen LogP) is 5.09. The molecule has 0 spiro atoms. The van der Waals surface area contributed by atoms with Crippen LogP contribution in [0.4, 0.5) is 30.4 Å². The fourth-order valence-corrected chi connectivity index (χ4v) is 3.58. The average molecular weight is 539 g/mol. The average Bonchev–Trinajstić information content (AvgIpc) is 2.92. The number of aromatic nitrogens is 3. The Bertz CT molecular complexity index is 1450. The smallest absolute Gasteiger partial charge is 0.214 e. The van der Waals surface area contributed by atoms with E-state index in [4.69, 9.17) is 19.6 Å². The Kier molecular flexibility index (Phi) is 8.90. The first-order valence-corrected chi connectivity index (χ1v) is 11.7. The van der Waals surface area contributed by atoms with Crippen LogP contribution in [0.3, 0.4) is 0 Å². The topological polar surface area (TPSA) is 114 Å².